The van der Waals surface area contributed by atoms with E-state index in [4.69, 9.17) is 37.0 Å². The molecule has 17 nitrogen and oxygen atoms in total. The van der Waals surface area contributed by atoms with E-state index in [-0.39, 0.29) is 25.7 Å². The minimum absolute atomic E-state index is 0.107. The molecule has 3 N–H and O–H groups in total. The van der Waals surface area contributed by atoms with E-state index in [1.165, 1.54) is 244 Å². The first kappa shape index (κ1) is 101. The summed E-state index contributed by atoms with van der Waals surface area (Å²) in [6, 6.07) is 0. The fourth-order valence-corrected chi connectivity index (χ4v) is 14.6. The van der Waals surface area contributed by atoms with Gasteiger partial charge in [0.1, 0.15) is 19.3 Å². The second-order valence-electron chi connectivity index (χ2n) is 31.6. The Morgan fingerprint density at radius 3 is 0.660 bits per heavy atom. The highest BCUT2D eigenvalue weighted by atomic mass is 31.2. The highest BCUT2D eigenvalue weighted by molar-refractivity contribution is 7.47. The van der Waals surface area contributed by atoms with Gasteiger partial charge in [0, 0.05) is 25.7 Å². The zero-order valence-corrected chi connectivity index (χ0v) is 69.6. The third-order valence-electron chi connectivity index (χ3n) is 19.6. The number of phosphoric acid groups is 2. The maximum atomic E-state index is 13.1. The molecule has 2 unspecified atom stereocenters. The van der Waals surface area contributed by atoms with Crippen LogP contribution in [-0.4, -0.2) is 96.7 Å². The molecule has 0 radical (unpaired) electrons. The maximum Gasteiger partial charge on any atom is 0.472 e. The number of esters is 4. The Balaban J connectivity index is 5.22. The van der Waals surface area contributed by atoms with Crippen LogP contribution in [0.4, 0.5) is 0 Å². The number of rotatable bonds is 82. The number of carbonyl (C=O) groups is 4. The van der Waals surface area contributed by atoms with Crippen LogP contribution in [0.15, 0.2) is 0 Å². The molecule has 0 aliphatic heterocycles. The van der Waals surface area contributed by atoms with Crippen molar-refractivity contribution >= 4 is 39.5 Å². The van der Waals surface area contributed by atoms with E-state index in [9.17, 15) is 43.2 Å². The zero-order chi connectivity index (χ0) is 75.8. The summed E-state index contributed by atoms with van der Waals surface area (Å²) in [5.41, 5.74) is 0. The first-order chi connectivity index (χ1) is 49.7. The van der Waals surface area contributed by atoms with Crippen molar-refractivity contribution in [3.8, 4) is 0 Å². The molecule has 103 heavy (non-hydrogen) atoms. The molecule has 0 amide bonds. The van der Waals surface area contributed by atoms with E-state index in [1.807, 2.05) is 0 Å². The van der Waals surface area contributed by atoms with Crippen LogP contribution >= 0.6 is 15.6 Å². The van der Waals surface area contributed by atoms with Gasteiger partial charge >= 0.3 is 39.5 Å². The third-order valence-corrected chi connectivity index (χ3v) is 21.5. The first-order valence-electron chi connectivity index (χ1n) is 43.3. The van der Waals surface area contributed by atoms with Crippen LogP contribution in [0.5, 0.6) is 0 Å². The van der Waals surface area contributed by atoms with Gasteiger partial charge in [-0.2, -0.15) is 0 Å². The van der Waals surface area contributed by atoms with Crippen molar-refractivity contribution < 1.29 is 80.2 Å². The van der Waals surface area contributed by atoms with Gasteiger partial charge in [0.25, 0.3) is 0 Å². The maximum absolute atomic E-state index is 13.1. The van der Waals surface area contributed by atoms with Crippen molar-refractivity contribution in [2.75, 3.05) is 39.6 Å². The predicted octanol–water partition coefficient (Wildman–Crippen LogP) is 25.3. The van der Waals surface area contributed by atoms with E-state index >= 15 is 0 Å². The SMILES string of the molecule is CCCCCCCCCCCCCCCC(=O)O[C@H](COC(=O)CCCCCCCCCC(C)C)COP(=O)(O)OC[C@H](O)COP(=O)(O)OC[C@@H](COC(=O)CCCCCCCCCCCCCCCCCCC(C)C)OC(=O)CCCCCCCCCCCCCCCCCCCCC(C)C. The lowest BCUT2D eigenvalue weighted by atomic mass is 10.0. The van der Waals surface area contributed by atoms with Gasteiger partial charge in [-0.1, -0.05) is 389 Å². The van der Waals surface area contributed by atoms with E-state index in [0.717, 1.165) is 108 Å². The summed E-state index contributed by atoms with van der Waals surface area (Å²) in [5.74, 6) is 0.231. The van der Waals surface area contributed by atoms with Gasteiger partial charge in [0.15, 0.2) is 12.2 Å². The Kier molecular flexibility index (Phi) is 72.8. The smallest absolute Gasteiger partial charge is 0.462 e. The van der Waals surface area contributed by atoms with Crippen LogP contribution in [0.25, 0.3) is 0 Å². The fraction of sp³-hybridized carbons (Fsp3) is 0.952. The molecular formula is C84H164O17P2. The summed E-state index contributed by atoms with van der Waals surface area (Å²) >= 11 is 0. The van der Waals surface area contributed by atoms with Gasteiger partial charge in [-0.25, -0.2) is 9.13 Å². The molecule has 0 spiro atoms. The molecule has 0 aliphatic carbocycles. The monoisotopic (exact) mass is 1510 g/mol. The molecule has 0 fully saturated rings. The molecule has 19 heteroatoms. The summed E-state index contributed by atoms with van der Waals surface area (Å²) in [6.45, 7) is 12.0. The Hall–Kier alpha value is -1.94. The molecule has 0 aromatic carbocycles. The number of phosphoric ester groups is 2. The van der Waals surface area contributed by atoms with Gasteiger partial charge in [-0.05, 0) is 43.4 Å². The minimum Gasteiger partial charge on any atom is -0.462 e. The van der Waals surface area contributed by atoms with Gasteiger partial charge in [0.2, 0.25) is 0 Å². The predicted molar refractivity (Wildman–Crippen MR) is 423 cm³/mol. The van der Waals surface area contributed by atoms with Crippen LogP contribution in [0, 0.1) is 17.8 Å². The Bertz CT molecular complexity index is 1990. The molecule has 0 saturated carbocycles. The van der Waals surface area contributed by atoms with Crippen LogP contribution < -0.4 is 0 Å². The molecule has 0 aromatic heterocycles. The van der Waals surface area contributed by atoms with Crippen LogP contribution in [0.1, 0.15) is 440 Å². The summed E-state index contributed by atoms with van der Waals surface area (Å²) in [7, 11) is -9.92. The molecule has 0 rings (SSSR count). The number of unbranched alkanes of at least 4 members (excludes halogenated alkanes) is 50. The average molecular weight is 1510 g/mol. The van der Waals surface area contributed by atoms with Crippen molar-refractivity contribution in [2.45, 2.75) is 458 Å². The van der Waals surface area contributed by atoms with E-state index in [2.05, 4.69) is 48.5 Å². The van der Waals surface area contributed by atoms with E-state index < -0.39 is 97.5 Å². The van der Waals surface area contributed by atoms with Gasteiger partial charge in [-0.15, -0.1) is 0 Å². The van der Waals surface area contributed by atoms with Crippen molar-refractivity contribution in [1.82, 2.24) is 0 Å². The molecule has 5 atom stereocenters. The Morgan fingerprint density at radius 2 is 0.447 bits per heavy atom. The van der Waals surface area contributed by atoms with Crippen molar-refractivity contribution in [1.29, 1.82) is 0 Å². The molecule has 612 valence electrons. The standard InChI is InChI=1S/C84H164O17P2/c1-8-9-10-11-12-13-14-25-33-38-45-53-60-67-83(88)101-80(72-95-82(87)66-59-52-47-40-43-50-57-64-77(6)7)74-99-103(92,93)97-70-78(85)69-96-102(90,91)98-73-79(71-94-81(86)65-58-51-44-37-32-28-23-20-19-22-27-31-36-42-49-56-63-76(4)5)100-84(89)68-61-54-46-39-34-29-24-18-16-15-17-21-26-30-35-41-48-55-62-75(2)3/h75-80,85H,8-74H2,1-7H3,(H,90,91)(H,92,93)/t78-,79-,80-/m1/s1. The Morgan fingerprint density at radius 1 is 0.262 bits per heavy atom. The van der Waals surface area contributed by atoms with Crippen molar-refractivity contribution in [3.63, 3.8) is 0 Å². The number of hydrogen-bond acceptors (Lipinski definition) is 15. The van der Waals surface area contributed by atoms with Crippen molar-refractivity contribution in [3.05, 3.63) is 0 Å². The highest BCUT2D eigenvalue weighted by Crippen LogP contribution is 2.45. The average Bonchev–Trinajstić information content (AvgIpc) is 0.968. The lowest BCUT2D eigenvalue weighted by Crippen LogP contribution is -2.30. The van der Waals surface area contributed by atoms with E-state index in [1.54, 1.807) is 0 Å². The van der Waals surface area contributed by atoms with Crippen molar-refractivity contribution in [2.24, 2.45) is 17.8 Å². The van der Waals surface area contributed by atoms with Gasteiger partial charge in [0.05, 0.1) is 26.4 Å². The number of aliphatic hydroxyl groups excluding tert-OH is 1. The second-order valence-corrected chi connectivity index (χ2v) is 34.6. The fourth-order valence-electron chi connectivity index (χ4n) is 13.0. The zero-order valence-electron chi connectivity index (χ0n) is 67.8. The quantitative estimate of drug-likeness (QED) is 0.0222. The number of hydrogen-bond donors (Lipinski definition) is 3. The molecule has 0 aliphatic rings. The largest absolute Gasteiger partial charge is 0.472 e. The number of carbonyl (C=O) groups excluding carboxylic acids is 4. The minimum atomic E-state index is -4.96. The molecule has 0 aromatic rings. The second kappa shape index (κ2) is 74.2. The number of ether oxygens (including phenoxy) is 4. The van der Waals surface area contributed by atoms with Gasteiger partial charge < -0.3 is 33.8 Å². The lowest BCUT2D eigenvalue weighted by molar-refractivity contribution is -0.161. The van der Waals surface area contributed by atoms with E-state index in [0.29, 0.717) is 31.6 Å². The normalized spacial score (nSPS) is 13.9. The third kappa shape index (κ3) is 78.0. The number of aliphatic hydroxyl groups is 1. The molecule has 0 bridgehead atoms. The lowest BCUT2D eigenvalue weighted by Gasteiger charge is -2.21. The van der Waals surface area contributed by atoms with Crippen LogP contribution in [0.3, 0.4) is 0 Å². The molecule has 0 saturated heterocycles. The Labute approximate surface area is 632 Å². The topological polar surface area (TPSA) is 237 Å². The van der Waals surface area contributed by atoms with Crippen LogP contribution in [-0.2, 0) is 65.4 Å². The summed E-state index contributed by atoms with van der Waals surface area (Å²) in [5, 5.41) is 10.7. The highest BCUT2D eigenvalue weighted by Gasteiger charge is 2.30. The molecule has 0 heterocycles. The first-order valence-corrected chi connectivity index (χ1v) is 46.3. The van der Waals surface area contributed by atoms with Gasteiger partial charge in [-0.3, -0.25) is 37.3 Å². The summed E-state index contributed by atoms with van der Waals surface area (Å²) in [4.78, 5) is 73.1. The summed E-state index contributed by atoms with van der Waals surface area (Å²) < 4.78 is 68.8. The van der Waals surface area contributed by atoms with Crippen LogP contribution in [0.2, 0.25) is 0 Å². The summed E-state index contributed by atoms with van der Waals surface area (Å²) in [6.07, 6.45) is 64.0. The molecular weight excluding hydrogens is 1340 g/mol.